The number of benzene rings is 2. The van der Waals surface area contributed by atoms with Crippen LogP contribution in [-0.4, -0.2) is 29.0 Å². The van der Waals surface area contributed by atoms with E-state index in [0.29, 0.717) is 10.9 Å². The van der Waals surface area contributed by atoms with Gasteiger partial charge in [0.25, 0.3) is 0 Å². The first-order chi connectivity index (χ1) is 12.1. The lowest BCUT2D eigenvalue weighted by Crippen LogP contribution is -2.34. The Morgan fingerprint density at radius 2 is 1.69 bits per heavy atom. The minimum Gasteiger partial charge on any atom is -0.473 e. The third-order valence-corrected chi connectivity index (χ3v) is 4.31. The van der Waals surface area contributed by atoms with Gasteiger partial charge in [-0.2, -0.15) is 0 Å². The third kappa shape index (κ3) is 3.50. The van der Waals surface area contributed by atoms with Crippen LogP contribution in [0.2, 0.25) is 0 Å². The number of hydrogen-bond donors (Lipinski definition) is 1. The Kier molecular flexibility index (Phi) is 5.38. The van der Waals surface area contributed by atoms with E-state index in [-0.39, 0.29) is 30.1 Å². The summed E-state index contributed by atoms with van der Waals surface area (Å²) in [5, 5.41) is 8.03. The van der Waals surface area contributed by atoms with Gasteiger partial charge in [-0.3, -0.25) is 0 Å². The van der Waals surface area contributed by atoms with Crippen molar-refractivity contribution in [2.45, 2.75) is 18.9 Å². The number of aromatic nitrogens is 2. The van der Waals surface area contributed by atoms with Crippen LogP contribution in [0.5, 0.6) is 5.88 Å². The predicted molar refractivity (Wildman–Crippen MR) is 94.7 cm³/mol. The van der Waals surface area contributed by atoms with Crippen molar-refractivity contribution in [1.82, 2.24) is 15.1 Å². The molecule has 1 fully saturated rings. The molecule has 0 saturated carbocycles. The van der Waals surface area contributed by atoms with E-state index in [9.17, 15) is 13.2 Å². The Balaban J connectivity index is 0.00000196. The number of ether oxygens (including phenoxy) is 1. The normalized spacial score (nSPS) is 15.0. The predicted octanol–water partition coefficient (Wildman–Crippen LogP) is 4.00. The van der Waals surface area contributed by atoms with Crippen molar-refractivity contribution in [2.24, 2.45) is 0 Å². The van der Waals surface area contributed by atoms with Crippen LogP contribution >= 0.6 is 12.4 Å². The molecule has 0 radical (unpaired) electrons. The molecular formula is C18H17ClF3N3O. The van der Waals surface area contributed by atoms with E-state index in [1.807, 2.05) is 0 Å². The average molecular weight is 384 g/mol. The standard InChI is InChI=1S/C18H16F3N3O.ClH/c19-11-1-3-16-14(9-11)18(25-13-5-7-22-8-6-13)23-24(16)17-4-2-12(20)10-15(17)21;/h1-4,9-10,13,22H,5-8H2;1H. The van der Waals surface area contributed by atoms with Crippen molar-refractivity contribution < 1.29 is 17.9 Å². The van der Waals surface area contributed by atoms with Gasteiger partial charge in [0.2, 0.25) is 5.88 Å². The lowest BCUT2D eigenvalue weighted by molar-refractivity contribution is 0.157. The maximum Gasteiger partial charge on any atom is 0.241 e. The van der Waals surface area contributed by atoms with Crippen LogP contribution in [0, 0.1) is 17.5 Å². The van der Waals surface area contributed by atoms with Crippen LogP contribution in [0.1, 0.15) is 12.8 Å². The second-order valence-electron chi connectivity index (χ2n) is 6.04. The van der Waals surface area contributed by atoms with Gasteiger partial charge in [-0.15, -0.1) is 17.5 Å². The fourth-order valence-electron chi connectivity index (χ4n) is 3.06. The SMILES string of the molecule is Cl.Fc1ccc(-n2nc(OC3CCNCC3)c3cc(F)ccc32)c(F)c1. The average Bonchev–Trinajstić information content (AvgIpc) is 2.93. The summed E-state index contributed by atoms with van der Waals surface area (Å²) in [4.78, 5) is 0. The van der Waals surface area contributed by atoms with Crippen LogP contribution in [0.15, 0.2) is 36.4 Å². The molecule has 0 aliphatic carbocycles. The summed E-state index contributed by atoms with van der Waals surface area (Å²) in [6, 6.07) is 7.35. The maximum absolute atomic E-state index is 14.2. The van der Waals surface area contributed by atoms with E-state index in [2.05, 4.69) is 10.4 Å². The molecule has 0 unspecified atom stereocenters. The van der Waals surface area contributed by atoms with Gasteiger partial charge < -0.3 is 10.1 Å². The highest BCUT2D eigenvalue weighted by atomic mass is 35.5. The molecule has 1 aliphatic rings. The summed E-state index contributed by atoms with van der Waals surface area (Å²) in [5.41, 5.74) is 0.578. The number of hydrogen-bond acceptors (Lipinski definition) is 3. The van der Waals surface area contributed by atoms with Gasteiger partial charge in [0.05, 0.1) is 10.9 Å². The lowest BCUT2D eigenvalue weighted by atomic mass is 10.1. The topological polar surface area (TPSA) is 39.1 Å². The van der Waals surface area contributed by atoms with E-state index >= 15 is 0 Å². The van der Waals surface area contributed by atoms with Crippen molar-refractivity contribution in [3.63, 3.8) is 0 Å². The Morgan fingerprint density at radius 1 is 1.00 bits per heavy atom. The number of piperidine rings is 1. The smallest absolute Gasteiger partial charge is 0.241 e. The van der Waals surface area contributed by atoms with Crippen LogP contribution in [0.25, 0.3) is 16.6 Å². The van der Waals surface area contributed by atoms with Crippen molar-refractivity contribution in [3.05, 3.63) is 53.8 Å². The van der Waals surface area contributed by atoms with E-state index in [4.69, 9.17) is 4.74 Å². The first-order valence-corrected chi connectivity index (χ1v) is 8.13. The minimum absolute atomic E-state index is 0. The van der Waals surface area contributed by atoms with E-state index in [0.717, 1.165) is 38.1 Å². The van der Waals surface area contributed by atoms with E-state index in [1.54, 1.807) is 0 Å². The number of rotatable bonds is 3. The van der Waals surface area contributed by atoms with Gasteiger partial charge in [0.15, 0.2) is 5.82 Å². The van der Waals surface area contributed by atoms with Crippen LogP contribution in [0.4, 0.5) is 13.2 Å². The molecule has 26 heavy (non-hydrogen) atoms. The number of halogens is 4. The summed E-state index contributed by atoms with van der Waals surface area (Å²) in [7, 11) is 0. The zero-order valence-electron chi connectivity index (χ0n) is 13.7. The molecule has 1 aliphatic heterocycles. The molecule has 0 spiro atoms. The fraction of sp³-hybridized carbons (Fsp3) is 0.278. The quantitative estimate of drug-likeness (QED) is 0.743. The van der Waals surface area contributed by atoms with Gasteiger partial charge >= 0.3 is 0 Å². The van der Waals surface area contributed by atoms with Gasteiger partial charge in [0, 0.05) is 6.07 Å². The molecule has 4 rings (SSSR count). The molecule has 1 N–H and O–H groups in total. The molecule has 1 saturated heterocycles. The molecule has 8 heteroatoms. The number of nitrogens with one attached hydrogen (secondary N) is 1. The molecule has 4 nitrogen and oxygen atoms in total. The number of nitrogens with zero attached hydrogens (tertiary/aromatic N) is 2. The summed E-state index contributed by atoms with van der Waals surface area (Å²) in [5.74, 6) is -1.59. The third-order valence-electron chi connectivity index (χ3n) is 4.31. The van der Waals surface area contributed by atoms with Gasteiger partial charge in [-0.05, 0) is 56.3 Å². The molecule has 2 heterocycles. The first kappa shape index (κ1) is 18.5. The molecule has 0 bridgehead atoms. The minimum atomic E-state index is -0.748. The second-order valence-corrected chi connectivity index (χ2v) is 6.04. The van der Waals surface area contributed by atoms with Crippen molar-refractivity contribution in [3.8, 4) is 11.6 Å². The Morgan fingerprint density at radius 3 is 2.42 bits per heavy atom. The molecule has 3 aromatic rings. The molecule has 0 atom stereocenters. The van der Waals surface area contributed by atoms with E-state index in [1.165, 1.54) is 28.9 Å². The summed E-state index contributed by atoms with van der Waals surface area (Å²) in [6.07, 6.45) is 1.59. The highest BCUT2D eigenvalue weighted by Gasteiger charge is 2.21. The summed E-state index contributed by atoms with van der Waals surface area (Å²) in [6.45, 7) is 1.68. The van der Waals surface area contributed by atoms with Gasteiger partial charge in [-0.1, -0.05) is 0 Å². The molecule has 0 amide bonds. The molecule has 2 aromatic carbocycles. The Labute approximate surface area is 154 Å². The maximum atomic E-state index is 14.2. The Hall–Kier alpha value is -2.25. The van der Waals surface area contributed by atoms with E-state index < -0.39 is 17.5 Å². The van der Waals surface area contributed by atoms with Gasteiger partial charge in [0.1, 0.15) is 23.4 Å². The van der Waals surface area contributed by atoms with Crippen molar-refractivity contribution in [2.75, 3.05) is 13.1 Å². The van der Waals surface area contributed by atoms with Gasteiger partial charge in [-0.25, -0.2) is 17.9 Å². The second kappa shape index (κ2) is 7.55. The van der Waals surface area contributed by atoms with Crippen LogP contribution in [0.3, 0.4) is 0 Å². The highest BCUT2D eigenvalue weighted by molar-refractivity contribution is 5.86. The highest BCUT2D eigenvalue weighted by Crippen LogP contribution is 2.30. The van der Waals surface area contributed by atoms with Crippen molar-refractivity contribution >= 4 is 23.3 Å². The van der Waals surface area contributed by atoms with Crippen molar-refractivity contribution in [1.29, 1.82) is 0 Å². The number of fused-ring (bicyclic) bond motifs is 1. The molecule has 138 valence electrons. The van der Waals surface area contributed by atoms with Crippen LogP contribution < -0.4 is 10.1 Å². The zero-order chi connectivity index (χ0) is 17.4. The Bertz CT molecular complexity index is 925. The lowest BCUT2D eigenvalue weighted by Gasteiger charge is -2.22. The first-order valence-electron chi connectivity index (χ1n) is 8.13. The summed E-state index contributed by atoms with van der Waals surface area (Å²) < 4.78 is 48.4. The van der Waals surface area contributed by atoms with Crippen LogP contribution in [-0.2, 0) is 0 Å². The monoisotopic (exact) mass is 383 g/mol. The molecular weight excluding hydrogens is 367 g/mol. The molecule has 1 aromatic heterocycles. The summed E-state index contributed by atoms with van der Waals surface area (Å²) >= 11 is 0. The largest absolute Gasteiger partial charge is 0.473 e. The fourth-order valence-corrected chi connectivity index (χ4v) is 3.06. The zero-order valence-corrected chi connectivity index (χ0v) is 14.5.